The molecule has 0 aliphatic rings. The summed E-state index contributed by atoms with van der Waals surface area (Å²) < 4.78 is 6.38. The van der Waals surface area contributed by atoms with Crippen LogP contribution in [0.15, 0.2) is 53.1 Å². The van der Waals surface area contributed by atoms with E-state index in [2.05, 4.69) is 46.8 Å². The van der Waals surface area contributed by atoms with Gasteiger partial charge in [-0.1, -0.05) is 19.9 Å². The predicted octanol–water partition coefficient (Wildman–Crippen LogP) is 4.17. The number of nitrogens with one attached hydrogen (secondary N) is 3. The predicted molar refractivity (Wildman–Crippen MR) is 126 cm³/mol. The van der Waals surface area contributed by atoms with Crippen molar-refractivity contribution < 1.29 is 9.84 Å². The van der Waals surface area contributed by atoms with Gasteiger partial charge in [0.1, 0.15) is 24.3 Å². The van der Waals surface area contributed by atoms with Gasteiger partial charge in [-0.3, -0.25) is 0 Å². The molecular weight excluding hydrogens is 460 g/mol. The van der Waals surface area contributed by atoms with E-state index in [1.165, 1.54) is 0 Å². The molecule has 1 aromatic carbocycles. The van der Waals surface area contributed by atoms with Crippen molar-refractivity contribution >= 4 is 39.2 Å². The van der Waals surface area contributed by atoms with Gasteiger partial charge in [-0.15, -0.1) is 0 Å². The summed E-state index contributed by atoms with van der Waals surface area (Å²) in [6.45, 7) is 6.72. The fraction of sp³-hybridized carbons (Fsp3) is 0.318. The number of halogens is 1. The Morgan fingerprint density at radius 3 is 2.55 bits per heavy atom. The molecule has 0 amide bonds. The van der Waals surface area contributed by atoms with Gasteiger partial charge in [0.15, 0.2) is 5.82 Å². The van der Waals surface area contributed by atoms with Crippen LogP contribution in [-0.4, -0.2) is 45.4 Å². The van der Waals surface area contributed by atoms with Crippen molar-refractivity contribution in [3.63, 3.8) is 0 Å². The molecule has 8 nitrogen and oxygen atoms in total. The number of aromatic nitrogens is 3. The molecule has 2 heterocycles. The second-order valence-corrected chi connectivity index (χ2v) is 8.21. The number of rotatable bonds is 10. The third kappa shape index (κ3) is 7.46. The molecule has 1 atom stereocenters. The van der Waals surface area contributed by atoms with E-state index in [1.807, 2.05) is 63.2 Å². The van der Waals surface area contributed by atoms with Crippen molar-refractivity contribution in [2.24, 2.45) is 0 Å². The van der Waals surface area contributed by atoms with E-state index in [1.54, 1.807) is 6.20 Å². The zero-order chi connectivity index (χ0) is 22.2. The van der Waals surface area contributed by atoms with Gasteiger partial charge in [0.05, 0.1) is 4.47 Å². The molecule has 0 saturated carbocycles. The highest BCUT2D eigenvalue weighted by Crippen LogP contribution is 2.25. The Bertz CT molecular complexity index is 984. The Hall–Kier alpha value is -2.75. The first kappa shape index (κ1) is 22.9. The fourth-order valence-corrected chi connectivity index (χ4v) is 2.93. The number of anilines is 4. The number of nitrogens with zero attached hydrogens (tertiary/aromatic N) is 3. The van der Waals surface area contributed by atoms with Crippen LogP contribution in [0.3, 0.4) is 0 Å². The van der Waals surface area contributed by atoms with E-state index in [4.69, 9.17) is 4.74 Å². The van der Waals surface area contributed by atoms with Crippen LogP contribution in [0.2, 0.25) is 0 Å². The van der Waals surface area contributed by atoms with Crippen molar-refractivity contribution in [1.82, 2.24) is 20.3 Å². The number of aliphatic hydroxyl groups excluding tert-OH is 1. The molecule has 0 fully saturated rings. The minimum Gasteiger partial charge on any atom is -0.491 e. The standard InChI is InChI=1S/C22H27BrN6O2/c1-14(2)24-11-17(30)13-31-18-9-7-16(8-10-18)27-22-25-12-19(23)21(29-22)28-20-6-4-5-15(3)26-20/h4-10,12,14,17,24,30H,11,13H2,1-3H3,(H2,25,26,27,28,29). The summed E-state index contributed by atoms with van der Waals surface area (Å²) in [7, 11) is 0. The lowest BCUT2D eigenvalue weighted by Gasteiger charge is -2.15. The summed E-state index contributed by atoms with van der Waals surface area (Å²) in [5.74, 6) is 2.44. The third-order valence-corrected chi connectivity index (χ3v) is 4.77. The maximum atomic E-state index is 9.95. The number of aryl methyl sites for hydroxylation is 1. The average Bonchev–Trinajstić information content (AvgIpc) is 2.74. The Labute approximate surface area is 190 Å². The Morgan fingerprint density at radius 2 is 1.84 bits per heavy atom. The molecule has 0 bridgehead atoms. The van der Waals surface area contributed by atoms with Crippen LogP contribution in [0, 0.1) is 6.92 Å². The summed E-state index contributed by atoms with van der Waals surface area (Å²) in [5, 5.41) is 19.5. The van der Waals surface area contributed by atoms with Gasteiger partial charge in [0, 0.05) is 30.2 Å². The molecule has 2 aromatic heterocycles. The molecule has 164 valence electrons. The molecule has 4 N–H and O–H groups in total. The normalized spacial score (nSPS) is 11.9. The minimum absolute atomic E-state index is 0.227. The highest BCUT2D eigenvalue weighted by atomic mass is 79.9. The lowest BCUT2D eigenvalue weighted by atomic mass is 10.3. The van der Waals surface area contributed by atoms with Crippen LogP contribution >= 0.6 is 15.9 Å². The number of pyridine rings is 1. The summed E-state index contributed by atoms with van der Waals surface area (Å²) in [6, 6.07) is 13.5. The van der Waals surface area contributed by atoms with Crippen molar-refractivity contribution in [2.45, 2.75) is 32.9 Å². The molecule has 0 radical (unpaired) electrons. The smallest absolute Gasteiger partial charge is 0.229 e. The van der Waals surface area contributed by atoms with Crippen molar-refractivity contribution in [1.29, 1.82) is 0 Å². The highest BCUT2D eigenvalue weighted by Gasteiger charge is 2.08. The molecule has 3 rings (SSSR count). The van der Waals surface area contributed by atoms with Crippen molar-refractivity contribution in [3.05, 3.63) is 58.8 Å². The molecule has 31 heavy (non-hydrogen) atoms. The zero-order valence-corrected chi connectivity index (χ0v) is 19.3. The lowest BCUT2D eigenvalue weighted by molar-refractivity contribution is 0.104. The molecule has 0 saturated heterocycles. The second-order valence-electron chi connectivity index (χ2n) is 7.36. The number of hydrogen-bond acceptors (Lipinski definition) is 8. The largest absolute Gasteiger partial charge is 0.491 e. The Balaban J connectivity index is 1.58. The minimum atomic E-state index is -0.565. The van der Waals surface area contributed by atoms with Crippen LogP contribution < -0.4 is 20.7 Å². The molecule has 0 spiro atoms. The summed E-state index contributed by atoms with van der Waals surface area (Å²) in [6.07, 6.45) is 1.11. The Morgan fingerprint density at radius 1 is 1.06 bits per heavy atom. The van der Waals surface area contributed by atoms with Gasteiger partial charge in [-0.05, 0) is 59.3 Å². The van der Waals surface area contributed by atoms with Crippen LogP contribution in [0.5, 0.6) is 5.75 Å². The van der Waals surface area contributed by atoms with E-state index in [9.17, 15) is 5.11 Å². The molecule has 3 aromatic rings. The first-order valence-corrected chi connectivity index (χ1v) is 10.8. The monoisotopic (exact) mass is 486 g/mol. The quantitative estimate of drug-likeness (QED) is 0.338. The maximum absolute atomic E-state index is 9.95. The van der Waals surface area contributed by atoms with E-state index in [-0.39, 0.29) is 6.61 Å². The number of ether oxygens (including phenoxy) is 1. The van der Waals surface area contributed by atoms with Gasteiger partial charge in [-0.25, -0.2) is 9.97 Å². The first-order valence-electron chi connectivity index (χ1n) is 10.0. The topological polar surface area (TPSA) is 104 Å². The first-order chi connectivity index (χ1) is 14.9. The SMILES string of the molecule is Cc1cccc(Nc2nc(Nc3ccc(OCC(O)CNC(C)C)cc3)ncc2Br)n1. The average molecular weight is 487 g/mol. The van der Waals surface area contributed by atoms with Crippen molar-refractivity contribution in [3.8, 4) is 5.75 Å². The zero-order valence-electron chi connectivity index (χ0n) is 17.8. The van der Waals surface area contributed by atoms with Gasteiger partial charge < -0.3 is 25.8 Å². The molecular formula is C22H27BrN6O2. The van der Waals surface area contributed by atoms with Gasteiger partial charge in [0.25, 0.3) is 0 Å². The highest BCUT2D eigenvalue weighted by molar-refractivity contribution is 9.10. The molecule has 9 heteroatoms. The molecule has 0 aliphatic heterocycles. The number of aliphatic hydroxyl groups is 1. The summed E-state index contributed by atoms with van der Waals surface area (Å²) in [4.78, 5) is 13.3. The molecule has 0 aliphatic carbocycles. The van der Waals surface area contributed by atoms with Crippen LogP contribution in [0.1, 0.15) is 19.5 Å². The Kier molecular flexibility index (Phi) is 8.16. The van der Waals surface area contributed by atoms with Crippen LogP contribution in [-0.2, 0) is 0 Å². The summed E-state index contributed by atoms with van der Waals surface area (Å²) >= 11 is 3.46. The summed E-state index contributed by atoms with van der Waals surface area (Å²) in [5.41, 5.74) is 1.73. The number of benzene rings is 1. The van der Waals surface area contributed by atoms with E-state index in [0.29, 0.717) is 35.9 Å². The van der Waals surface area contributed by atoms with E-state index >= 15 is 0 Å². The van der Waals surface area contributed by atoms with E-state index in [0.717, 1.165) is 15.9 Å². The van der Waals surface area contributed by atoms with Gasteiger partial charge in [-0.2, -0.15) is 4.98 Å². The lowest BCUT2D eigenvalue weighted by Crippen LogP contribution is -2.35. The van der Waals surface area contributed by atoms with Gasteiger partial charge >= 0.3 is 0 Å². The maximum Gasteiger partial charge on any atom is 0.229 e. The van der Waals surface area contributed by atoms with Crippen LogP contribution in [0.4, 0.5) is 23.3 Å². The van der Waals surface area contributed by atoms with Crippen molar-refractivity contribution in [2.75, 3.05) is 23.8 Å². The van der Waals surface area contributed by atoms with Crippen LogP contribution in [0.25, 0.3) is 0 Å². The van der Waals surface area contributed by atoms with E-state index < -0.39 is 6.10 Å². The molecule has 1 unspecified atom stereocenters. The van der Waals surface area contributed by atoms with Gasteiger partial charge in [0.2, 0.25) is 5.95 Å². The number of hydrogen-bond donors (Lipinski definition) is 4. The third-order valence-electron chi connectivity index (χ3n) is 4.19. The fourth-order valence-electron chi connectivity index (χ4n) is 2.64. The second kappa shape index (κ2) is 11.0.